The number of benzene rings is 1. The van der Waals surface area contributed by atoms with Gasteiger partial charge in [0.15, 0.2) is 0 Å². The number of thioether (sulfide) groups is 1. The number of halogens is 1. The smallest absolute Gasteiger partial charge is 0.251 e. The van der Waals surface area contributed by atoms with Crippen LogP contribution in [0.1, 0.15) is 17.3 Å². The number of rotatable bonds is 6. The number of hydrogen-bond donors (Lipinski definition) is 3. The fourth-order valence-corrected chi connectivity index (χ4v) is 2.19. The average molecular weight is 340 g/mol. The van der Waals surface area contributed by atoms with Gasteiger partial charge in [0, 0.05) is 10.6 Å². The number of aromatic nitrogens is 3. The Balaban J connectivity index is 1.81. The second-order valence-corrected chi connectivity index (χ2v) is 5.80. The van der Waals surface area contributed by atoms with E-state index in [4.69, 9.17) is 11.6 Å². The normalized spacial score (nSPS) is 10.3. The molecule has 3 N–H and O–H groups in total. The van der Waals surface area contributed by atoms with Crippen LogP contribution in [0.2, 0.25) is 5.02 Å². The van der Waals surface area contributed by atoms with Gasteiger partial charge in [-0.15, -0.1) is 5.10 Å². The monoisotopic (exact) mass is 339 g/mol. The first-order chi connectivity index (χ1) is 10.6. The highest BCUT2D eigenvalue weighted by atomic mass is 35.5. The summed E-state index contributed by atoms with van der Waals surface area (Å²) in [5.74, 6) is 0.336. The minimum absolute atomic E-state index is 0.168. The minimum Gasteiger partial charge on any atom is -0.343 e. The van der Waals surface area contributed by atoms with Crippen molar-refractivity contribution in [3.8, 4) is 0 Å². The lowest BCUT2D eigenvalue weighted by atomic mass is 10.2. The van der Waals surface area contributed by atoms with E-state index in [-0.39, 0.29) is 18.4 Å². The van der Waals surface area contributed by atoms with Gasteiger partial charge in [-0.25, -0.2) is 5.10 Å². The first-order valence-electron chi connectivity index (χ1n) is 6.47. The van der Waals surface area contributed by atoms with E-state index in [2.05, 4.69) is 25.8 Å². The van der Waals surface area contributed by atoms with Gasteiger partial charge in [0.05, 0.1) is 6.54 Å². The minimum atomic E-state index is -0.397. The van der Waals surface area contributed by atoms with Crippen molar-refractivity contribution in [1.82, 2.24) is 20.5 Å². The number of anilines is 1. The van der Waals surface area contributed by atoms with Gasteiger partial charge in [0.25, 0.3) is 5.91 Å². The molecule has 116 valence electrons. The zero-order valence-electron chi connectivity index (χ0n) is 11.7. The summed E-state index contributed by atoms with van der Waals surface area (Å²) < 4.78 is 0. The molecule has 0 aliphatic carbocycles. The summed E-state index contributed by atoms with van der Waals surface area (Å²) >= 11 is 7.20. The molecular formula is C13H14ClN5O2S. The Morgan fingerprint density at radius 1 is 1.32 bits per heavy atom. The largest absolute Gasteiger partial charge is 0.343 e. The highest BCUT2D eigenvalue weighted by molar-refractivity contribution is 7.99. The molecule has 0 aliphatic heterocycles. The number of carbonyl (C=O) groups is 2. The number of nitrogens with one attached hydrogen (secondary N) is 3. The molecule has 2 aromatic rings. The number of aromatic amines is 1. The van der Waals surface area contributed by atoms with Crippen molar-refractivity contribution in [2.75, 3.05) is 17.6 Å². The molecule has 0 bridgehead atoms. The molecule has 0 radical (unpaired) electrons. The van der Waals surface area contributed by atoms with Gasteiger partial charge in [-0.3, -0.25) is 14.9 Å². The number of nitrogens with zero attached hydrogens (tertiary/aromatic N) is 2. The van der Waals surface area contributed by atoms with Crippen molar-refractivity contribution in [3.05, 3.63) is 34.9 Å². The standard InChI is InChI=1S/C13H14ClN5O2S/c1-2-22-13-17-12(18-19-13)16-10(20)7-15-11(21)8-3-5-9(14)6-4-8/h3-6H,2,7H2,1H3,(H,15,21)(H2,16,17,18,19,20). The van der Waals surface area contributed by atoms with Crippen LogP contribution in [0.15, 0.2) is 29.4 Å². The molecular weight excluding hydrogens is 326 g/mol. The quantitative estimate of drug-likeness (QED) is 0.698. The highest BCUT2D eigenvalue weighted by Gasteiger charge is 2.10. The zero-order valence-corrected chi connectivity index (χ0v) is 13.3. The van der Waals surface area contributed by atoms with Crippen LogP contribution < -0.4 is 10.6 Å². The van der Waals surface area contributed by atoms with Crippen LogP contribution in [0.5, 0.6) is 0 Å². The average Bonchev–Trinajstić information content (AvgIpc) is 2.93. The zero-order chi connectivity index (χ0) is 15.9. The Morgan fingerprint density at radius 2 is 2.05 bits per heavy atom. The maximum atomic E-state index is 11.8. The first-order valence-corrected chi connectivity index (χ1v) is 7.83. The summed E-state index contributed by atoms with van der Waals surface area (Å²) in [5.41, 5.74) is 0.429. The predicted molar refractivity (Wildman–Crippen MR) is 85.2 cm³/mol. The molecule has 2 rings (SSSR count). The molecule has 0 atom stereocenters. The van der Waals surface area contributed by atoms with Crippen molar-refractivity contribution in [1.29, 1.82) is 0 Å². The maximum Gasteiger partial charge on any atom is 0.251 e. The SMILES string of the molecule is CCSc1n[nH]c(NC(=O)CNC(=O)c2ccc(Cl)cc2)n1. The van der Waals surface area contributed by atoms with E-state index in [1.54, 1.807) is 24.3 Å². The molecule has 0 saturated heterocycles. The van der Waals surface area contributed by atoms with Crippen LogP contribution in [0, 0.1) is 0 Å². The molecule has 7 nitrogen and oxygen atoms in total. The summed E-state index contributed by atoms with van der Waals surface area (Å²) in [6.45, 7) is 1.81. The van der Waals surface area contributed by atoms with Gasteiger partial charge in [-0.1, -0.05) is 30.3 Å². The molecule has 0 fully saturated rings. The van der Waals surface area contributed by atoms with Gasteiger partial charge >= 0.3 is 0 Å². The molecule has 1 heterocycles. The molecule has 0 unspecified atom stereocenters. The lowest BCUT2D eigenvalue weighted by Crippen LogP contribution is -2.33. The lowest BCUT2D eigenvalue weighted by Gasteiger charge is -2.05. The topological polar surface area (TPSA) is 99.8 Å². The Morgan fingerprint density at radius 3 is 2.73 bits per heavy atom. The number of hydrogen-bond acceptors (Lipinski definition) is 5. The van der Waals surface area contributed by atoms with Crippen LogP contribution in [-0.4, -0.2) is 39.3 Å². The van der Waals surface area contributed by atoms with E-state index in [9.17, 15) is 9.59 Å². The Bertz CT molecular complexity index is 659. The van der Waals surface area contributed by atoms with Crippen LogP contribution in [0.3, 0.4) is 0 Å². The maximum absolute atomic E-state index is 11.8. The van der Waals surface area contributed by atoms with E-state index in [0.29, 0.717) is 15.7 Å². The molecule has 0 aliphatic rings. The molecule has 1 aromatic carbocycles. The van der Waals surface area contributed by atoms with E-state index in [0.717, 1.165) is 5.75 Å². The van der Waals surface area contributed by atoms with E-state index >= 15 is 0 Å². The Kier molecular flexibility index (Phi) is 5.79. The molecule has 1 aromatic heterocycles. The third-order valence-corrected chi connectivity index (χ3v) is 3.49. The van der Waals surface area contributed by atoms with E-state index in [1.165, 1.54) is 11.8 Å². The van der Waals surface area contributed by atoms with E-state index < -0.39 is 5.91 Å². The third kappa shape index (κ3) is 4.74. The van der Waals surface area contributed by atoms with Crippen LogP contribution in [-0.2, 0) is 4.79 Å². The molecule has 2 amide bonds. The summed E-state index contributed by atoms with van der Waals surface area (Å²) in [6, 6.07) is 6.39. The second-order valence-electron chi connectivity index (χ2n) is 4.14. The second kappa shape index (κ2) is 7.81. The van der Waals surface area contributed by atoms with Gasteiger partial charge in [0.1, 0.15) is 0 Å². The van der Waals surface area contributed by atoms with Crippen LogP contribution in [0.25, 0.3) is 0 Å². The third-order valence-electron chi connectivity index (χ3n) is 2.51. The highest BCUT2D eigenvalue weighted by Crippen LogP contribution is 2.12. The molecule has 0 saturated carbocycles. The fourth-order valence-electron chi connectivity index (χ4n) is 1.54. The van der Waals surface area contributed by atoms with E-state index in [1.807, 2.05) is 6.92 Å². The van der Waals surface area contributed by atoms with Crippen molar-refractivity contribution in [2.45, 2.75) is 12.1 Å². The summed E-state index contributed by atoms with van der Waals surface area (Å²) in [7, 11) is 0. The number of amides is 2. The van der Waals surface area contributed by atoms with Gasteiger partial charge in [-0.2, -0.15) is 4.98 Å². The van der Waals surface area contributed by atoms with Gasteiger partial charge in [-0.05, 0) is 30.0 Å². The van der Waals surface area contributed by atoms with Crippen LogP contribution >= 0.6 is 23.4 Å². The molecule has 0 spiro atoms. The van der Waals surface area contributed by atoms with Crippen molar-refractivity contribution < 1.29 is 9.59 Å². The number of H-pyrrole nitrogens is 1. The Labute approximate surface area is 136 Å². The van der Waals surface area contributed by atoms with Crippen molar-refractivity contribution in [2.24, 2.45) is 0 Å². The fraction of sp³-hybridized carbons (Fsp3) is 0.231. The molecule has 22 heavy (non-hydrogen) atoms. The van der Waals surface area contributed by atoms with Gasteiger partial charge in [0.2, 0.25) is 17.0 Å². The van der Waals surface area contributed by atoms with Gasteiger partial charge < -0.3 is 5.32 Å². The number of carbonyl (C=O) groups excluding carboxylic acids is 2. The summed E-state index contributed by atoms with van der Waals surface area (Å²) in [6.07, 6.45) is 0. The van der Waals surface area contributed by atoms with Crippen LogP contribution in [0.4, 0.5) is 5.95 Å². The predicted octanol–water partition coefficient (Wildman–Crippen LogP) is 1.94. The summed E-state index contributed by atoms with van der Waals surface area (Å²) in [5, 5.41) is 12.7. The first kappa shape index (κ1) is 16.3. The van der Waals surface area contributed by atoms with Crippen molar-refractivity contribution >= 4 is 41.1 Å². The molecule has 9 heteroatoms. The lowest BCUT2D eigenvalue weighted by molar-refractivity contribution is -0.115. The van der Waals surface area contributed by atoms with Crippen molar-refractivity contribution in [3.63, 3.8) is 0 Å². The summed E-state index contributed by atoms with van der Waals surface area (Å²) in [4.78, 5) is 27.6. The Hall–Kier alpha value is -2.06.